The highest BCUT2D eigenvalue weighted by atomic mass is 16.5. The Morgan fingerprint density at radius 1 is 0.909 bits per heavy atom. The molecule has 0 atom stereocenters. The summed E-state index contributed by atoms with van der Waals surface area (Å²) in [6.45, 7) is 2.66. The van der Waals surface area contributed by atoms with Crippen molar-refractivity contribution in [1.29, 1.82) is 0 Å². The predicted octanol–water partition coefficient (Wildman–Crippen LogP) is 4.27. The van der Waals surface area contributed by atoms with Crippen LogP contribution in [0.1, 0.15) is 28.4 Å². The first-order valence-corrected chi connectivity index (χ1v) is 10.5. The van der Waals surface area contributed by atoms with E-state index in [1.807, 2.05) is 13.0 Å². The largest absolute Gasteiger partial charge is 0.494 e. The van der Waals surface area contributed by atoms with E-state index in [9.17, 15) is 9.59 Å². The van der Waals surface area contributed by atoms with E-state index in [1.165, 1.54) is 6.08 Å². The first-order valence-electron chi connectivity index (χ1n) is 10.5. The van der Waals surface area contributed by atoms with Gasteiger partial charge in [0.2, 0.25) is 0 Å². The summed E-state index contributed by atoms with van der Waals surface area (Å²) >= 11 is 0. The SMILES string of the molecule is CCOc1ccc(C(=O)Oc2ccc(/C=C/C(=O)OCCc3ccc(N)cc3N)cc2)cc1. The van der Waals surface area contributed by atoms with Crippen LogP contribution in [-0.4, -0.2) is 25.2 Å². The summed E-state index contributed by atoms with van der Waals surface area (Å²) in [4.78, 5) is 24.2. The molecule has 0 heterocycles. The summed E-state index contributed by atoms with van der Waals surface area (Å²) in [5.74, 6) is 0.162. The molecule has 0 aliphatic heterocycles. The Balaban J connectivity index is 1.47. The average Bonchev–Trinajstić information content (AvgIpc) is 2.81. The van der Waals surface area contributed by atoms with Gasteiger partial charge in [-0.1, -0.05) is 18.2 Å². The van der Waals surface area contributed by atoms with E-state index in [2.05, 4.69) is 0 Å². The molecule has 0 aliphatic rings. The first kappa shape index (κ1) is 23.4. The highest BCUT2D eigenvalue weighted by Gasteiger charge is 2.09. The second-order valence-electron chi connectivity index (χ2n) is 7.13. The van der Waals surface area contributed by atoms with Crippen LogP contribution in [0.25, 0.3) is 6.08 Å². The maximum atomic E-state index is 12.3. The third-order valence-electron chi connectivity index (χ3n) is 4.69. The number of benzene rings is 3. The topological polar surface area (TPSA) is 114 Å². The Kier molecular flexibility index (Phi) is 8.07. The van der Waals surface area contributed by atoms with Crippen LogP contribution < -0.4 is 20.9 Å². The Morgan fingerprint density at radius 3 is 2.27 bits per heavy atom. The first-order chi connectivity index (χ1) is 15.9. The molecule has 0 saturated carbocycles. The number of nitrogen functional groups attached to an aromatic ring is 2. The molecule has 4 N–H and O–H groups in total. The fourth-order valence-corrected chi connectivity index (χ4v) is 2.98. The van der Waals surface area contributed by atoms with Gasteiger partial charge in [-0.3, -0.25) is 0 Å². The normalized spacial score (nSPS) is 10.7. The molecule has 3 rings (SSSR count). The van der Waals surface area contributed by atoms with Gasteiger partial charge in [-0.2, -0.15) is 0 Å². The highest BCUT2D eigenvalue weighted by molar-refractivity contribution is 5.91. The van der Waals surface area contributed by atoms with Gasteiger partial charge in [0.05, 0.1) is 18.8 Å². The molecule has 0 bridgehead atoms. The lowest BCUT2D eigenvalue weighted by Crippen LogP contribution is -2.08. The number of hydrogen-bond donors (Lipinski definition) is 2. The van der Waals surface area contributed by atoms with Gasteiger partial charge in [0.25, 0.3) is 0 Å². The maximum absolute atomic E-state index is 12.3. The number of esters is 2. The van der Waals surface area contributed by atoms with Crippen LogP contribution in [0.15, 0.2) is 72.8 Å². The molecule has 7 nitrogen and oxygen atoms in total. The number of hydrogen-bond acceptors (Lipinski definition) is 7. The summed E-state index contributed by atoms with van der Waals surface area (Å²) in [5.41, 5.74) is 14.8. The zero-order chi connectivity index (χ0) is 23.6. The van der Waals surface area contributed by atoms with Gasteiger partial charge >= 0.3 is 11.9 Å². The van der Waals surface area contributed by atoms with Crippen LogP contribution >= 0.6 is 0 Å². The Labute approximate surface area is 192 Å². The van der Waals surface area contributed by atoms with Gasteiger partial charge in [-0.05, 0) is 72.7 Å². The van der Waals surface area contributed by atoms with Crippen LogP contribution in [0.2, 0.25) is 0 Å². The molecule has 170 valence electrons. The van der Waals surface area contributed by atoms with Crippen molar-refractivity contribution in [3.05, 3.63) is 89.5 Å². The second kappa shape index (κ2) is 11.4. The molecular formula is C26H26N2O5. The zero-order valence-electron chi connectivity index (χ0n) is 18.3. The van der Waals surface area contributed by atoms with Gasteiger partial charge in [0.15, 0.2) is 0 Å². The van der Waals surface area contributed by atoms with Crippen molar-refractivity contribution >= 4 is 29.4 Å². The number of rotatable bonds is 9. The molecular weight excluding hydrogens is 420 g/mol. The summed E-state index contributed by atoms with van der Waals surface area (Å²) < 4.78 is 16.0. The van der Waals surface area contributed by atoms with E-state index >= 15 is 0 Å². The number of carbonyl (C=O) groups is 2. The molecule has 0 unspecified atom stereocenters. The van der Waals surface area contributed by atoms with E-state index in [0.717, 1.165) is 11.1 Å². The Hall–Kier alpha value is -4.26. The minimum Gasteiger partial charge on any atom is -0.494 e. The maximum Gasteiger partial charge on any atom is 0.343 e. The van der Waals surface area contributed by atoms with Gasteiger partial charge in [0.1, 0.15) is 11.5 Å². The van der Waals surface area contributed by atoms with Crippen LogP contribution in [0.5, 0.6) is 11.5 Å². The fraction of sp³-hybridized carbons (Fsp3) is 0.154. The summed E-state index contributed by atoms with van der Waals surface area (Å²) in [6, 6.07) is 18.8. The van der Waals surface area contributed by atoms with Gasteiger partial charge in [-0.25, -0.2) is 9.59 Å². The smallest absolute Gasteiger partial charge is 0.343 e. The van der Waals surface area contributed by atoms with Crippen molar-refractivity contribution in [2.24, 2.45) is 0 Å². The molecule has 0 fully saturated rings. The lowest BCUT2D eigenvalue weighted by atomic mass is 10.1. The molecule has 3 aromatic carbocycles. The molecule has 33 heavy (non-hydrogen) atoms. The third-order valence-corrected chi connectivity index (χ3v) is 4.69. The minimum absolute atomic E-state index is 0.206. The van der Waals surface area contributed by atoms with Crippen LogP contribution in [0, 0.1) is 0 Å². The average molecular weight is 447 g/mol. The lowest BCUT2D eigenvalue weighted by Gasteiger charge is -2.07. The van der Waals surface area contributed by atoms with Crippen molar-refractivity contribution < 1.29 is 23.8 Å². The number of nitrogens with two attached hydrogens (primary N) is 2. The number of anilines is 2. The molecule has 0 aliphatic carbocycles. The standard InChI is InChI=1S/C26H26N2O5/c1-2-31-22-12-7-20(8-13-22)26(30)33-23-10-3-18(4-11-23)5-14-25(29)32-16-15-19-6-9-21(27)17-24(19)28/h3-14,17H,2,15-16,27-28H2,1H3/b14-5+. The minimum atomic E-state index is -0.466. The van der Waals surface area contributed by atoms with Crippen LogP contribution in [-0.2, 0) is 16.0 Å². The van der Waals surface area contributed by atoms with Crippen molar-refractivity contribution in [2.45, 2.75) is 13.3 Å². The highest BCUT2D eigenvalue weighted by Crippen LogP contribution is 2.18. The second-order valence-corrected chi connectivity index (χ2v) is 7.13. The summed E-state index contributed by atoms with van der Waals surface area (Å²) in [7, 11) is 0. The van der Waals surface area contributed by atoms with Gasteiger partial charge in [0, 0.05) is 23.9 Å². The lowest BCUT2D eigenvalue weighted by molar-refractivity contribution is -0.137. The predicted molar refractivity (Wildman–Crippen MR) is 128 cm³/mol. The summed E-state index contributed by atoms with van der Waals surface area (Å²) in [6.07, 6.45) is 3.46. The molecule has 7 heteroatoms. The van der Waals surface area contributed by atoms with Crippen molar-refractivity contribution in [1.82, 2.24) is 0 Å². The number of carbonyl (C=O) groups excluding carboxylic acids is 2. The quantitative estimate of drug-likeness (QED) is 0.218. The molecule has 3 aromatic rings. The fourth-order valence-electron chi connectivity index (χ4n) is 2.98. The van der Waals surface area contributed by atoms with Gasteiger partial charge < -0.3 is 25.7 Å². The van der Waals surface area contributed by atoms with E-state index in [-0.39, 0.29) is 6.61 Å². The van der Waals surface area contributed by atoms with E-state index < -0.39 is 11.9 Å². The molecule has 0 spiro atoms. The van der Waals surface area contributed by atoms with Crippen molar-refractivity contribution in [2.75, 3.05) is 24.7 Å². The number of ether oxygens (including phenoxy) is 3. The Bertz CT molecular complexity index is 1120. The molecule has 0 aromatic heterocycles. The van der Waals surface area contributed by atoms with Crippen molar-refractivity contribution in [3.8, 4) is 11.5 Å². The molecule has 0 radical (unpaired) electrons. The zero-order valence-corrected chi connectivity index (χ0v) is 18.3. The molecule has 0 saturated heterocycles. The third kappa shape index (κ3) is 7.14. The van der Waals surface area contributed by atoms with Crippen LogP contribution in [0.3, 0.4) is 0 Å². The van der Waals surface area contributed by atoms with Gasteiger partial charge in [-0.15, -0.1) is 0 Å². The monoisotopic (exact) mass is 446 g/mol. The van der Waals surface area contributed by atoms with Crippen LogP contribution in [0.4, 0.5) is 11.4 Å². The van der Waals surface area contributed by atoms with E-state index in [0.29, 0.717) is 41.5 Å². The Morgan fingerprint density at radius 2 is 1.61 bits per heavy atom. The summed E-state index contributed by atoms with van der Waals surface area (Å²) in [5, 5.41) is 0. The molecule has 0 amide bonds. The van der Waals surface area contributed by atoms with E-state index in [1.54, 1.807) is 66.7 Å². The van der Waals surface area contributed by atoms with E-state index in [4.69, 9.17) is 25.7 Å². The van der Waals surface area contributed by atoms with Crippen molar-refractivity contribution in [3.63, 3.8) is 0 Å².